The summed E-state index contributed by atoms with van der Waals surface area (Å²) in [4.78, 5) is 11.6. The van der Waals surface area contributed by atoms with E-state index in [1.807, 2.05) is 7.05 Å². The smallest absolute Gasteiger partial charge is 0.253 e. The van der Waals surface area contributed by atoms with E-state index in [1.54, 1.807) is 17.1 Å². The average molecular weight is 195 g/mol. The van der Waals surface area contributed by atoms with Crippen molar-refractivity contribution in [2.24, 2.45) is 7.05 Å². The lowest BCUT2D eigenvalue weighted by Crippen LogP contribution is -2.26. The van der Waals surface area contributed by atoms with Crippen LogP contribution in [0.2, 0.25) is 0 Å². The van der Waals surface area contributed by atoms with Crippen LogP contribution >= 0.6 is 0 Å². The Morgan fingerprint density at radius 3 is 3.21 bits per heavy atom. The summed E-state index contributed by atoms with van der Waals surface area (Å²) in [5.41, 5.74) is 0.716. The Morgan fingerprint density at radius 2 is 2.64 bits per heavy atom. The van der Waals surface area contributed by atoms with E-state index < -0.39 is 0 Å². The molecule has 0 bridgehead atoms. The fourth-order valence-electron chi connectivity index (χ4n) is 1.49. The number of carbonyl (C=O) groups excluding carboxylic acids is 1. The predicted molar refractivity (Wildman–Crippen MR) is 50.8 cm³/mol. The van der Waals surface area contributed by atoms with Crippen molar-refractivity contribution >= 4 is 11.6 Å². The van der Waals surface area contributed by atoms with Crippen LogP contribution < -0.4 is 5.32 Å². The first-order valence-corrected chi connectivity index (χ1v) is 4.67. The molecule has 5 heteroatoms. The Hall–Kier alpha value is -1.36. The molecule has 0 aromatic carbocycles. The number of rotatable bonds is 2. The number of hydrogen-bond acceptors (Lipinski definition) is 3. The van der Waals surface area contributed by atoms with Gasteiger partial charge in [-0.05, 0) is 12.8 Å². The standard InChI is InChI=1S/C9H13N3O2/c1-12-6-7(5-10-12)11-9(13)8-3-2-4-14-8/h5-6,8H,2-4H2,1H3,(H,11,13)/t8-/m1/s1. The lowest BCUT2D eigenvalue weighted by atomic mass is 10.2. The first-order chi connectivity index (χ1) is 6.75. The van der Waals surface area contributed by atoms with E-state index in [0.717, 1.165) is 12.8 Å². The molecule has 0 unspecified atom stereocenters. The summed E-state index contributed by atoms with van der Waals surface area (Å²) < 4.78 is 6.90. The molecule has 0 radical (unpaired) electrons. The average Bonchev–Trinajstić information content (AvgIpc) is 2.75. The molecule has 0 spiro atoms. The summed E-state index contributed by atoms with van der Waals surface area (Å²) in [6.45, 7) is 0.686. The fraction of sp³-hybridized carbons (Fsp3) is 0.556. The number of aromatic nitrogens is 2. The Labute approximate surface area is 82.0 Å². The molecule has 0 saturated carbocycles. The number of nitrogens with zero attached hydrogens (tertiary/aromatic N) is 2. The number of aryl methyl sites for hydroxylation is 1. The van der Waals surface area contributed by atoms with Gasteiger partial charge >= 0.3 is 0 Å². The highest BCUT2D eigenvalue weighted by molar-refractivity contribution is 5.94. The molecule has 14 heavy (non-hydrogen) atoms. The monoisotopic (exact) mass is 195 g/mol. The molecular formula is C9H13N3O2. The van der Waals surface area contributed by atoms with E-state index in [4.69, 9.17) is 4.74 Å². The number of ether oxygens (including phenoxy) is 1. The minimum Gasteiger partial charge on any atom is -0.368 e. The van der Waals surface area contributed by atoms with Gasteiger partial charge in [-0.25, -0.2) is 0 Å². The number of amides is 1. The van der Waals surface area contributed by atoms with E-state index in [0.29, 0.717) is 12.3 Å². The molecule has 0 aliphatic carbocycles. The maximum Gasteiger partial charge on any atom is 0.253 e. The van der Waals surface area contributed by atoms with Crippen molar-refractivity contribution in [3.8, 4) is 0 Å². The highest BCUT2D eigenvalue weighted by Crippen LogP contribution is 2.14. The van der Waals surface area contributed by atoms with Crippen molar-refractivity contribution in [1.29, 1.82) is 0 Å². The van der Waals surface area contributed by atoms with Gasteiger partial charge in [0.2, 0.25) is 0 Å². The van der Waals surface area contributed by atoms with Gasteiger partial charge in [-0.2, -0.15) is 5.10 Å². The zero-order valence-corrected chi connectivity index (χ0v) is 8.06. The molecule has 76 valence electrons. The highest BCUT2D eigenvalue weighted by Gasteiger charge is 2.23. The van der Waals surface area contributed by atoms with Gasteiger partial charge in [0.15, 0.2) is 0 Å². The Kier molecular flexibility index (Phi) is 2.49. The zero-order valence-electron chi connectivity index (χ0n) is 8.06. The second kappa shape index (κ2) is 3.79. The number of carbonyl (C=O) groups is 1. The van der Waals surface area contributed by atoms with Gasteiger partial charge in [0.05, 0.1) is 11.9 Å². The van der Waals surface area contributed by atoms with Crippen LogP contribution in [0.4, 0.5) is 5.69 Å². The summed E-state index contributed by atoms with van der Waals surface area (Å²) in [5.74, 6) is -0.0736. The summed E-state index contributed by atoms with van der Waals surface area (Å²) in [5, 5.41) is 6.71. The molecule has 1 aromatic heterocycles. The molecular weight excluding hydrogens is 182 g/mol. The largest absolute Gasteiger partial charge is 0.368 e. The van der Waals surface area contributed by atoms with E-state index in [-0.39, 0.29) is 12.0 Å². The summed E-state index contributed by atoms with van der Waals surface area (Å²) in [6, 6.07) is 0. The maximum atomic E-state index is 11.6. The minimum atomic E-state index is -0.282. The van der Waals surface area contributed by atoms with Crippen LogP contribution in [0.25, 0.3) is 0 Å². The van der Waals surface area contributed by atoms with Crippen LogP contribution in [-0.4, -0.2) is 28.4 Å². The molecule has 1 aliphatic heterocycles. The van der Waals surface area contributed by atoms with Crippen molar-refractivity contribution in [1.82, 2.24) is 9.78 Å². The Bertz CT molecular complexity index is 329. The number of hydrogen-bond donors (Lipinski definition) is 1. The van der Waals surface area contributed by atoms with Crippen molar-refractivity contribution in [2.45, 2.75) is 18.9 Å². The van der Waals surface area contributed by atoms with Gasteiger partial charge in [-0.1, -0.05) is 0 Å². The van der Waals surface area contributed by atoms with E-state index in [1.165, 1.54) is 0 Å². The zero-order chi connectivity index (χ0) is 9.97. The van der Waals surface area contributed by atoms with Crippen molar-refractivity contribution < 1.29 is 9.53 Å². The lowest BCUT2D eigenvalue weighted by Gasteiger charge is -2.07. The van der Waals surface area contributed by atoms with Crippen LogP contribution in [-0.2, 0) is 16.6 Å². The van der Waals surface area contributed by atoms with Crippen LogP contribution in [0, 0.1) is 0 Å². The van der Waals surface area contributed by atoms with Crippen LogP contribution in [0.3, 0.4) is 0 Å². The fourth-order valence-corrected chi connectivity index (χ4v) is 1.49. The second-order valence-electron chi connectivity index (χ2n) is 3.39. The van der Waals surface area contributed by atoms with Crippen LogP contribution in [0.1, 0.15) is 12.8 Å². The van der Waals surface area contributed by atoms with Gasteiger partial charge in [0.25, 0.3) is 5.91 Å². The summed E-state index contributed by atoms with van der Waals surface area (Å²) in [7, 11) is 1.81. The highest BCUT2D eigenvalue weighted by atomic mass is 16.5. The molecule has 1 saturated heterocycles. The van der Waals surface area contributed by atoms with Gasteiger partial charge in [-0.3, -0.25) is 9.48 Å². The van der Waals surface area contributed by atoms with Gasteiger partial charge in [-0.15, -0.1) is 0 Å². The third kappa shape index (κ3) is 1.93. The predicted octanol–water partition coefficient (Wildman–Crippen LogP) is 0.538. The quantitative estimate of drug-likeness (QED) is 0.749. The number of nitrogens with one attached hydrogen (secondary N) is 1. The summed E-state index contributed by atoms with van der Waals surface area (Å²) in [6.07, 6.45) is 4.87. The normalized spacial score (nSPS) is 21.1. The van der Waals surface area contributed by atoms with Crippen LogP contribution in [0.5, 0.6) is 0 Å². The van der Waals surface area contributed by atoms with E-state index >= 15 is 0 Å². The summed E-state index contributed by atoms with van der Waals surface area (Å²) >= 11 is 0. The van der Waals surface area contributed by atoms with Crippen LogP contribution in [0.15, 0.2) is 12.4 Å². The van der Waals surface area contributed by atoms with Gasteiger partial charge < -0.3 is 10.1 Å². The van der Waals surface area contributed by atoms with Gasteiger partial charge in [0.1, 0.15) is 6.10 Å². The third-order valence-electron chi connectivity index (χ3n) is 2.19. The molecule has 1 amide bonds. The molecule has 1 N–H and O–H groups in total. The van der Waals surface area contributed by atoms with Crippen molar-refractivity contribution in [3.63, 3.8) is 0 Å². The van der Waals surface area contributed by atoms with Crippen molar-refractivity contribution in [3.05, 3.63) is 12.4 Å². The Balaban J connectivity index is 1.93. The topological polar surface area (TPSA) is 56.2 Å². The molecule has 1 aliphatic rings. The minimum absolute atomic E-state index is 0.0736. The lowest BCUT2D eigenvalue weighted by molar-refractivity contribution is -0.124. The van der Waals surface area contributed by atoms with Gasteiger partial charge in [0, 0.05) is 19.9 Å². The SMILES string of the molecule is Cn1cc(NC(=O)[C@H]2CCCO2)cn1. The number of anilines is 1. The van der Waals surface area contributed by atoms with Crippen molar-refractivity contribution in [2.75, 3.05) is 11.9 Å². The molecule has 1 aromatic rings. The molecule has 2 rings (SSSR count). The maximum absolute atomic E-state index is 11.6. The first kappa shape index (κ1) is 9.21. The Morgan fingerprint density at radius 1 is 1.79 bits per heavy atom. The molecule has 2 heterocycles. The molecule has 5 nitrogen and oxygen atoms in total. The first-order valence-electron chi connectivity index (χ1n) is 4.67. The van der Waals surface area contributed by atoms with E-state index in [9.17, 15) is 4.79 Å². The third-order valence-corrected chi connectivity index (χ3v) is 2.19. The van der Waals surface area contributed by atoms with E-state index in [2.05, 4.69) is 10.4 Å². The molecule has 1 atom stereocenters. The second-order valence-corrected chi connectivity index (χ2v) is 3.39. The molecule has 1 fully saturated rings.